The summed E-state index contributed by atoms with van der Waals surface area (Å²) < 4.78 is 5.37. The van der Waals surface area contributed by atoms with Gasteiger partial charge in [0.2, 0.25) is 0 Å². The van der Waals surface area contributed by atoms with E-state index in [1.807, 2.05) is 46.6 Å². The van der Waals surface area contributed by atoms with Crippen LogP contribution in [0.5, 0.6) is 0 Å². The first-order chi connectivity index (χ1) is 12.5. The van der Waals surface area contributed by atoms with Gasteiger partial charge in [0, 0.05) is 19.0 Å². The molecule has 0 saturated heterocycles. The molecule has 0 fully saturated rings. The van der Waals surface area contributed by atoms with Gasteiger partial charge >= 0.3 is 6.09 Å². The second-order valence-electron chi connectivity index (χ2n) is 7.91. The number of aryl methyl sites for hydroxylation is 1. The molecule has 1 aromatic heterocycles. The van der Waals surface area contributed by atoms with Crippen LogP contribution in [-0.2, 0) is 11.3 Å². The first kappa shape index (κ1) is 26.9. The van der Waals surface area contributed by atoms with Gasteiger partial charge in [0.05, 0.1) is 29.8 Å². The number of aromatic nitrogens is 1. The van der Waals surface area contributed by atoms with Crippen molar-refractivity contribution < 1.29 is 9.53 Å². The molecular weight excluding hydrogens is 489 g/mol. The lowest BCUT2D eigenvalue weighted by atomic mass is 10.1. The van der Waals surface area contributed by atoms with Crippen molar-refractivity contribution in [2.45, 2.75) is 66.7 Å². The lowest BCUT2D eigenvalue weighted by molar-refractivity contribution is 0.0493. The van der Waals surface area contributed by atoms with E-state index in [0.717, 1.165) is 23.2 Å². The molecule has 1 unspecified atom stereocenters. The van der Waals surface area contributed by atoms with E-state index in [2.05, 4.69) is 34.8 Å². The van der Waals surface area contributed by atoms with Crippen molar-refractivity contribution in [3.05, 3.63) is 16.1 Å². The second-order valence-corrected chi connectivity index (χ2v) is 8.97. The van der Waals surface area contributed by atoms with Crippen LogP contribution in [-0.4, -0.2) is 53.7 Å². The van der Waals surface area contributed by atoms with E-state index in [9.17, 15) is 4.79 Å². The fourth-order valence-corrected chi connectivity index (χ4v) is 2.94. The average molecular weight is 526 g/mol. The van der Waals surface area contributed by atoms with Crippen LogP contribution in [0.3, 0.4) is 0 Å². The van der Waals surface area contributed by atoms with Crippen LogP contribution in [0.4, 0.5) is 4.79 Å². The number of guanidine groups is 1. The van der Waals surface area contributed by atoms with Gasteiger partial charge in [0.15, 0.2) is 5.96 Å². The Morgan fingerprint density at radius 1 is 1.39 bits per heavy atom. The van der Waals surface area contributed by atoms with Crippen LogP contribution in [0.15, 0.2) is 10.4 Å². The molecule has 0 radical (unpaired) electrons. The number of hydrogen-bond donors (Lipinski definition) is 2. The number of halogens is 1. The molecule has 28 heavy (non-hydrogen) atoms. The normalized spacial score (nSPS) is 13.0. The Morgan fingerprint density at radius 3 is 2.50 bits per heavy atom. The molecule has 0 bridgehead atoms. The Balaban J connectivity index is 0.00000729. The van der Waals surface area contributed by atoms with Crippen LogP contribution < -0.4 is 10.6 Å². The second kappa shape index (κ2) is 12.5. The molecule has 2 N–H and O–H groups in total. The zero-order valence-electron chi connectivity index (χ0n) is 18.3. The molecule has 0 aliphatic heterocycles. The maximum atomic E-state index is 12.1. The maximum absolute atomic E-state index is 12.1. The first-order valence-corrected chi connectivity index (χ1v) is 10.3. The molecule has 0 aromatic carbocycles. The Kier molecular flexibility index (Phi) is 12.0. The summed E-state index contributed by atoms with van der Waals surface area (Å²) in [4.78, 5) is 23.4. The van der Waals surface area contributed by atoms with E-state index in [-0.39, 0.29) is 35.9 Å². The highest BCUT2D eigenvalue weighted by Gasteiger charge is 2.21. The van der Waals surface area contributed by atoms with Crippen LogP contribution in [0, 0.1) is 12.8 Å². The minimum absolute atomic E-state index is 0. The third-order valence-electron chi connectivity index (χ3n) is 3.71. The van der Waals surface area contributed by atoms with Gasteiger partial charge in [-0.3, -0.25) is 4.99 Å². The summed E-state index contributed by atoms with van der Waals surface area (Å²) in [5.74, 6) is 1.02. The molecule has 1 aromatic rings. The van der Waals surface area contributed by atoms with E-state index < -0.39 is 11.7 Å². The third-order valence-corrected chi connectivity index (χ3v) is 4.53. The van der Waals surface area contributed by atoms with Crippen LogP contribution in [0.25, 0.3) is 0 Å². The number of nitrogens with one attached hydrogen (secondary N) is 2. The van der Waals surface area contributed by atoms with Crippen molar-refractivity contribution >= 4 is 47.4 Å². The van der Waals surface area contributed by atoms with Crippen molar-refractivity contribution in [2.24, 2.45) is 10.9 Å². The number of ether oxygens (including phenoxy) is 1. The van der Waals surface area contributed by atoms with Gasteiger partial charge in [0.25, 0.3) is 0 Å². The largest absolute Gasteiger partial charge is 0.444 e. The summed E-state index contributed by atoms with van der Waals surface area (Å²) >= 11 is 1.65. The number of thiazole rings is 1. The first-order valence-electron chi connectivity index (χ1n) is 9.41. The molecule has 1 amide bonds. The predicted molar refractivity (Wildman–Crippen MR) is 128 cm³/mol. The minimum atomic E-state index is -0.518. The highest BCUT2D eigenvalue weighted by molar-refractivity contribution is 14.0. The topological polar surface area (TPSA) is 78.8 Å². The Hall–Kier alpha value is -1.10. The smallest absolute Gasteiger partial charge is 0.407 e. The number of amides is 1. The van der Waals surface area contributed by atoms with Gasteiger partial charge in [0.1, 0.15) is 5.60 Å². The molecule has 9 heteroatoms. The Bertz CT molecular complexity index is 628. The number of aliphatic imine (C=N–C) groups is 1. The van der Waals surface area contributed by atoms with E-state index in [1.165, 1.54) is 0 Å². The average Bonchev–Trinajstić information content (AvgIpc) is 2.92. The summed E-state index contributed by atoms with van der Waals surface area (Å²) in [6, 6.07) is -0.108. The van der Waals surface area contributed by atoms with Gasteiger partial charge in [-0.2, -0.15) is 0 Å². The highest BCUT2D eigenvalue weighted by Crippen LogP contribution is 2.11. The number of carbonyl (C=O) groups is 1. The van der Waals surface area contributed by atoms with E-state index in [0.29, 0.717) is 13.1 Å². The fourth-order valence-electron chi connectivity index (χ4n) is 2.34. The minimum Gasteiger partial charge on any atom is -0.444 e. The molecule has 1 heterocycles. The molecule has 1 atom stereocenters. The standard InChI is InChI=1S/C19H35N5O2S.HI/c1-9-20-17(24(8)11-15-12-27-14(4)22-15)21-10-16(13(2)3)23-18(25)26-19(5,6)7;/h12-13,16H,9-11H2,1-8H3,(H,20,21)(H,23,25);1H. The summed E-state index contributed by atoms with van der Waals surface area (Å²) in [5, 5.41) is 9.36. The van der Waals surface area contributed by atoms with Gasteiger partial charge in [-0.25, -0.2) is 9.78 Å². The van der Waals surface area contributed by atoms with E-state index >= 15 is 0 Å². The SMILES string of the molecule is CCNC(=NCC(NC(=O)OC(C)(C)C)C(C)C)N(C)Cc1csc(C)n1.I. The van der Waals surface area contributed by atoms with Crippen LogP contribution in [0.1, 0.15) is 52.2 Å². The van der Waals surface area contributed by atoms with Gasteiger partial charge in [-0.05, 0) is 40.5 Å². The molecule has 1 rings (SSSR count). The Morgan fingerprint density at radius 2 is 2.04 bits per heavy atom. The Labute approximate surface area is 190 Å². The molecule has 0 spiro atoms. The van der Waals surface area contributed by atoms with E-state index in [4.69, 9.17) is 9.73 Å². The zero-order chi connectivity index (χ0) is 20.6. The third kappa shape index (κ3) is 10.4. The zero-order valence-corrected chi connectivity index (χ0v) is 21.5. The van der Waals surface area contributed by atoms with Crippen molar-refractivity contribution in [3.8, 4) is 0 Å². The predicted octanol–water partition coefficient (Wildman–Crippen LogP) is 4.02. The number of nitrogens with zero attached hydrogens (tertiary/aromatic N) is 3. The fraction of sp³-hybridized carbons (Fsp3) is 0.737. The highest BCUT2D eigenvalue weighted by atomic mass is 127. The number of alkyl carbamates (subject to hydrolysis) is 1. The maximum Gasteiger partial charge on any atom is 0.407 e. The van der Waals surface area contributed by atoms with Crippen molar-refractivity contribution in [1.29, 1.82) is 0 Å². The molecule has 7 nitrogen and oxygen atoms in total. The molecule has 0 saturated carbocycles. The lowest BCUT2D eigenvalue weighted by Gasteiger charge is -2.26. The van der Waals surface area contributed by atoms with Gasteiger partial charge in [-0.1, -0.05) is 13.8 Å². The van der Waals surface area contributed by atoms with Crippen LogP contribution in [0.2, 0.25) is 0 Å². The summed E-state index contributed by atoms with van der Waals surface area (Å²) in [5.41, 5.74) is 0.508. The number of hydrogen-bond acceptors (Lipinski definition) is 5. The summed E-state index contributed by atoms with van der Waals surface area (Å²) in [6.45, 7) is 15.7. The number of carbonyl (C=O) groups excluding carboxylic acids is 1. The van der Waals surface area contributed by atoms with Crippen molar-refractivity contribution in [1.82, 2.24) is 20.5 Å². The van der Waals surface area contributed by atoms with Crippen molar-refractivity contribution in [3.63, 3.8) is 0 Å². The summed E-state index contributed by atoms with van der Waals surface area (Å²) in [7, 11) is 1.99. The molecular formula is C19H36IN5O2S. The lowest BCUT2D eigenvalue weighted by Crippen LogP contribution is -2.45. The molecule has 162 valence electrons. The summed E-state index contributed by atoms with van der Waals surface area (Å²) in [6.07, 6.45) is -0.410. The van der Waals surface area contributed by atoms with Gasteiger partial charge in [-0.15, -0.1) is 35.3 Å². The molecule has 0 aliphatic carbocycles. The number of rotatable bonds is 7. The quantitative estimate of drug-likeness (QED) is 0.320. The monoisotopic (exact) mass is 525 g/mol. The van der Waals surface area contributed by atoms with Crippen LogP contribution >= 0.6 is 35.3 Å². The molecule has 0 aliphatic rings. The van der Waals surface area contributed by atoms with Crippen molar-refractivity contribution in [2.75, 3.05) is 20.1 Å². The van der Waals surface area contributed by atoms with Gasteiger partial charge < -0.3 is 20.3 Å². The van der Waals surface area contributed by atoms with E-state index in [1.54, 1.807) is 11.3 Å².